The van der Waals surface area contributed by atoms with E-state index in [0.29, 0.717) is 23.9 Å². The molecular formula is C19H25N3O2S. The van der Waals surface area contributed by atoms with E-state index in [2.05, 4.69) is 5.10 Å². The topological polar surface area (TPSA) is 55.2 Å². The molecule has 0 atom stereocenters. The van der Waals surface area contributed by atoms with Crippen molar-refractivity contribution < 1.29 is 8.42 Å². The van der Waals surface area contributed by atoms with Crippen molar-refractivity contribution in [2.24, 2.45) is 5.92 Å². The predicted molar refractivity (Wildman–Crippen MR) is 96.8 cm³/mol. The molecule has 0 bridgehead atoms. The van der Waals surface area contributed by atoms with E-state index >= 15 is 0 Å². The number of aryl methyl sites for hydroxylation is 2. The van der Waals surface area contributed by atoms with Crippen LogP contribution in [0.4, 0.5) is 0 Å². The lowest BCUT2D eigenvalue weighted by atomic mass is 9.92. The Kier molecular flexibility index (Phi) is 4.65. The smallest absolute Gasteiger partial charge is 0.243 e. The molecule has 2 heterocycles. The van der Waals surface area contributed by atoms with E-state index in [1.807, 2.05) is 29.1 Å². The summed E-state index contributed by atoms with van der Waals surface area (Å²) in [5.41, 5.74) is 2.55. The second-order valence-corrected chi connectivity index (χ2v) is 9.15. The molecular weight excluding hydrogens is 334 g/mol. The van der Waals surface area contributed by atoms with Gasteiger partial charge in [-0.05, 0) is 73.8 Å². The minimum Gasteiger partial charge on any atom is -0.272 e. The van der Waals surface area contributed by atoms with Crippen LogP contribution in [-0.4, -0.2) is 35.6 Å². The van der Waals surface area contributed by atoms with E-state index in [4.69, 9.17) is 0 Å². The number of sulfonamides is 1. The minimum absolute atomic E-state index is 0.471. The first-order valence-corrected chi connectivity index (χ1v) is 10.7. The fraction of sp³-hybridized carbons (Fsp3) is 0.526. The van der Waals surface area contributed by atoms with Crippen molar-refractivity contribution in [1.29, 1.82) is 0 Å². The highest BCUT2D eigenvalue weighted by atomic mass is 32.2. The maximum Gasteiger partial charge on any atom is 0.243 e. The Balaban J connectivity index is 1.44. The minimum atomic E-state index is -3.37. The van der Waals surface area contributed by atoms with Crippen LogP contribution in [-0.2, 0) is 29.4 Å². The molecule has 134 valence electrons. The van der Waals surface area contributed by atoms with Crippen LogP contribution < -0.4 is 0 Å². The van der Waals surface area contributed by atoms with Crippen molar-refractivity contribution in [3.8, 4) is 0 Å². The predicted octanol–water partition coefficient (Wildman–Crippen LogP) is 2.86. The van der Waals surface area contributed by atoms with Crippen LogP contribution >= 0.6 is 0 Å². The molecule has 0 unspecified atom stereocenters. The lowest BCUT2D eigenvalue weighted by Gasteiger charge is -2.31. The number of aromatic nitrogens is 2. The Morgan fingerprint density at radius 3 is 2.56 bits per heavy atom. The molecule has 1 aliphatic heterocycles. The maximum atomic E-state index is 13.0. The molecule has 6 heteroatoms. The van der Waals surface area contributed by atoms with Gasteiger partial charge in [0.15, 0.2) is 0 Å². The van der Waals surface area contributed by atoms with Gasteiger partial charge in [-0.15, -0.1) is 0 Å². The highest BCUT2D eigenvalue weighted by molar-refractivity contribution is 7.89. The fourth-order valence-electron chi connectivity index (χ4n) is 4.02. The zero-order valence-electron chi connectivity index (χ0n) is 14.5. The van der Waals surface area contributed by atoms with Gasteiger partial charge in [0.2, 0.25) is 10.0 Å². The third kappa shape index (κ3) is 3.51. The second kappa shape index (κ2) is 6.92. The van der Waals surface area contributed by atoms with Crippen LogP contribution in [0.25, 0.3) is 0 Å². The summed E-state index contributed by atoms with van der Waals surface area (Å²) in [4.78, 5) is 0.471. The summed E-state index contributed by atoms with van der Waals surface area (Å²) in [6, 6.07) is 7.66. The molecule has 2 aromatic rings. The Hall–Kier alpha value is -1.66. The molecule has 25 heavy (non-hydrogen) atoms. The Morgan fingerprint density at radius 2 is 1.84 bits per heavy atom. The van der Waals surface area contributed by atoms with Crippen molar-refractivity contribution >= 4 is 10.0 Å². The molecule has 0 N–H and O–H groups in total. The molecule has 0 spiro atoms. The summed E-state index contributed by atoms with van der Waals surface area (Å²) in [5, 5.41) is 4.25. The number of fused-ring (bicyclic) bond motifs is 1. The van der Waals surface area contributed by atoms with Crippen molar-refractivity contribution in [3.05, 3.63) is 47.8 Å². The number of piperidine rings is 1. The Bertz CT molecular complexity index is 822. The van der Waals surface area contributed by atoms with Gasteiger partial charge in [-0.3, -0.25) is 4.68 Å². The summed E-state index contributed by atoms with van der Waals surface area (Å²) in [5.74, 6) is 0.495. The quantitative estimate of drug-likeness (QED) is 0.843. The third-order valence-corrected chi connectivity index (χ3v) is 7.43. The van der Waals surface area contributed by atoms with Crippen molar-refractivity contribution in [3.63, 3.8) is 0 Å². The molecule has 2 aliphatic rings. The van der Waals surface area contributed by atoms with Crippen LogP contribution in [0.3, 0.4) is 0 Å². The zero-order chi connectivity index (χ0) is 17.3. The average molecular weight is 359 g/mol. The third-order valence-electron chi connectivity index (χ3n) is 5.54. The van der Waals surface area contributed by atoms with Gasteiger partial charge in [0.1, 0.15) is 0 Å². The fourth-order valence-corrected chi connectivity index (χ4v) is 5.55. The van der Waals surface area contributed by atoms with Gasteiger partial charge in [-0.1, -0.05) is 6.07 Å². The summed E-state index contributed by atoms with van der Waals surface area (Å²) in [7, 11) is -3.37. The van der Waals surface area contributed by atoms with E-state index in [1.54, 1.807) is 16.6 Å². The first-order valence-electron chi connectivity index (χ1n) is 9.22. The van der Waals surface area contributed by atoms with E-state index < -0.39 is 10.0 Å². The number of benzene rings is 1. The van der Waals surface area contributed by atoms with Crippen LogP contribution in [0.15, 0.2) is 41.6 Å². The average Bonchev–Trinajstić information content (AvgIpc) is 3.15. The monoisotopic (exact) mass is 359 g/mol. The SMILES string of the molecule is O=S(=O)(c1ccc2c(c1)CCCC2)N1CCC(Cn2cccn2)CC1. The van der Waals surface area contributed by atoms with Gasteiger partial charge in [0.05, 0.1) is 4.90 Å². The van der Waals surface area contributed by atoms with E-state index in [1.165, 1.54) is 17.5 Å². The standard InChI is InChI=1S/C19H25N3O2S/c23-25(24,19-7-6-17-4-1-2-5-18(17)14-19)22-12-8-16(9-13-22)15-21-11-3-10-20-21/h3,6-7,10-11,14,16H,1-2,4-5,8-9,12-13,15H2. The van der Waals surface area contributed by atoms with Crippen LogP contribution in [0.5, 0.6) is 0 Å². The Labute approximate surface area is 149 Å². The van der Waals surface area contributed by atoms with Gasteiger partial charge in [0.25, 0.3) is 0 Å². The van der Waals surface area contributed by atoms with Gasteiger partial charge in [0, 0.05) is 32.0 Å². The van der Waals surface area contributed by atoms with E-state index in [-0.39, 0.29) is 0 Å². The molecule has 1 aliphatic carbocycles. The Morgan fingerprint density at radius 1 is 1.08 bits per heavy atom. The number of rotatable bonds is 4. The molecule has 1 fully saturated rings. The first-order chi connectivity index (χ1) is 12.1. The number of hydrogen-bond acceptors (Lipinski definition) is 3. The molecule has 1 aromatic heterocycles. The van der Waals surface area contributed by atoms with E-state index in [9.17, 15) is 8.42 Å². The van der Waals surface area contributed by atoms with Gasteiger partial charge < -0.3 is 0 Å². The zero-order valence-corrected chi connectivity index (χ0v) is 15.3. The molecule has 4 rings (SSSR count). The lowest BCUT2D eigenvalue weighted by Crippen LogP contribution is -2.39. The number of hydrogen-bond donors (Lipinski definition) is 0. The summed E-state index contributed by atoms with van der Waals surface area (Å²) in [6.45, 7) is 2.08. The van der Waals surface area contributed by atoms with Crippen molar-refractivity contribution in [1.82, 2.24) is 14.1 Å². The highest BCUT2D eigenvalue weighted by Gasteiger charge is 2.30. The normalized spacial score (nSPS) is 19.7. The summed E-state index contributed by atoms with van der Waals surface area (Å²) < 4.78 is 29.6. The van der Waals surface area contributed by atoms with Crippen molar-refractivity contribution in [2.45, 2.75) is 50.0 Å². The maximum absolute atomic E-state index is 13.0. The summed E-state index contributed by atoms with van der Waals surface area (Å²) >= 11 is 0. The van der Waals surface area contributed by atoms with Crippen LogP contribution in [0.2, 0.25) is 0 Å². The van der Waals surface area contributed by atoms with Gasteiger partial charge in [-0.2, -0.15) is 9.40 Å². The molecule has 1 aromatic carbocycles. The summed E-state index contributed by atoms with van der Waals surface area (Å²) in [6.07, 6.45) is 10.00. The molecule has 0 radical (unpaired) electrons. The number of nitrogens with zero attached hydrogens (tertiary/aromatic N) is 3. The molecule has 0 amide bonds. The largest absolute Gasteiger partial charge is 0.272 e. The molecule has 0 saturated carbocycles. The highest BCUT2D eigenvalue weighted by Crippen LogP contribution is 2.28. The first kappa shape index (κ1) is 16.8. The van der Waals surface area contributed by atoms with E-state index in [0.717, 1.165) is 38.6 Å². The van der Waals surface area contributed by atoms with Crippen LogP contribution in [0.1, 0.15) is 36.8 Å². The van der Waals surface area contributed by atoms with Gasteiger partial charge in [-0.25, -0.2) is 8.42 Å². The second-order valence-electron chi connectivity index (χ2n) is 7.21. The lowest BCUT2D eigenvalue weighted by molar-refractivity contribution is 0.247. The van der Waals surface area contributed by atoms with Gasteiger partial charge >= 0.3 is 0 Å². The molecule has 1 saturated heterocycles. The molecule has 5 nitrogen and oxygen atoms in total. The van der Waals surface area contributed by atoms with Crippen LogP contribution in [0, 0.1) is 5.92 Å². The van der Waals surface area contributed by atoms with Crippen molar-refractivity contribution in [2.75, 3.05) is 13.1 Å².